The van der Waals surface area contributed by atoms with Crippen LogP contribution >= 0.6 is 0 Å². The minimum absolute atomic E-state index is 0.0857. The summed E-state index contributed by atoms with van der Waals surface area (Å²) in [5.41, 5.74) is 0.790. The van der Waals surface area contributed by atoms with Crippen LogP contribution in [-0.2, 0) is 23.3 Å². The van der Waals surface area contributed by atoms with E-state index >= 15 is 0 Å². The molecule has 0 unspecified atom stereocenters. The Morgan fingerprint density at radius 2 is 1.59 bits per heavy atom. The van der Waals surface area contributed by atoms with Gasteiger partial charge >= 0.3 is 0 Å². The molecule has 0 saturated carbocycles. The first-order valence-electron chi connectivity index (χ1n) is 9.96. The summed E-state index contributed by atoms with van der Waals surface area (Å²) >= 11 is 0. The highest BCUT2D eigenvalue weighted by atomic mass is 19.1. The normalized spacial score (nSPS) is 14.4. The van der Waals surface area contributed by atoms with Crippen molar-refractivity contribution in [2.24, 2.45) is 0 Å². The molecule has 5 nitrogen and oxygen atoms in total. The molecule has 0 aliphatic carbocycles. The molecular weight excluding hydrogens is 419 g/mol. The van der Waals surface area contributed by atoms with Crippen LogP contribution in [0.5, 0.6) is 0 Å². The van der Waals surface area contributed by atoms with E-state index in [1.807, 2.05) is 0 Å². The summed E-state index contributed by atoms with van der Waals surface area (Å²) in [4.78, 5) is 31.4. The van der Waals surface area contributed by atoms with Crippen LogP contribution in [0.3, 0.4) is 0 Å². The fraction of sp³-hybridized carbons (Fsp3) is 0.208. The van der Waals surface area contributed by atoms with E-state index < -0.39 is 23.0 Å². The zero-order valence-electron chi connectivity index (χ0n) is 17.5. The number of anilines is 1. The lowest BCUT2D eigenvalue weighted by atomic mass is 9.87. The molecule has 32 heavy (non-hydrogen) atoms. The number of hydrogen-bond donors (Lipinski definition) is 1. The van der Waals surface area contributed by atoms with Crippen molar-refractivity contribution in [3.63, 3.8) is 0 Å². The van der Waals surface area contributed by atoms with Crippen LogP contribution in [0.25, 0.3) is 0 Å². The molecule has 0 fully saturated rings. The molecule has 0 radical (unpaired) electrons. The molecule has 1 aliphatic heterocycles. The highest BCUT2D eigenvalue weighted by Crippen LogP contribution is 2.41. The van der Waals surface area contributed by atoms with E-state index in [0.29, 0.717) is 11.1 Å². The topological polar surface area (TPSA) is 62.3 Å². The third-order valence-corrected chi connectivity index (χ3v) is 5.45. The van der Waals surface area contributed by atoms with Gasteiger partial charge in [0.2, 0.25) is 5.91 Å². The highest BCUT2D eigenvalue weighted by Gasteiger charge is 2.45. The molecule has 2 heterocycles. The van der Waals surface area contributed by atoms with Crippen molar-refractivity contribution < 1.29 is 22.8 Å². The Hall–Kier alpha value is -3.68. The number of fused-ring (bicyclic) bond motifs is 1. The molecule has 3 aromatic rings. The average molecular weight is 439 g/mol. The van der Waals surface area contributed by atoms with E-state index in [9.17, 15) is 22.8 Å². The van der Waals surface area contributed by atoms with Crippen LogP contribution in [0.1, 0.15) is 41.0 Å². The minimum atomic E-state index is -0.905. The number of halogens is 3. The van der Waals surface area contributed by atoms with Gasteiger partial charge in [0, 0.05) is 18.2 Å². The number of nitrogens with zero attached hydrogens (tertiary/aromatic N) is 2. The zero-order chi connectivity index (χ0) is 23.0. The number of benzene rings is 2. The molecule has 164 valence electrons. The molecule has 8 heteroatoms. The van der Waals surface area contributed by atoms with Gasteiger partial charge in [0.1, 0.15) is 29.0 Å². The predicted octanol–water partition coefficient (Wildman–Crippen LogP) is 4.25. The number of hydrogen-bond acceptors (Lipinski definition) is 3. The maximum atomic E-state index is 13.6. The Kier molecular flexibility index (Phi) is 5.46. The summed E-state index contributed by atoms with van der Waals surface area (Å²) in [5.74, 6) is -2.33. The summed E-state index contributed by atoms with van der Waals surface area (Å²) in [7, 11) is 0. The van der Waals surface area contributed by atoms with E-state index in [1.54, 1.807) is 32.0 Å². The molecule has 1 aromatic heterocycles. The molecule has 2 aromatic carbocycles. The number of pyridine rings is 1. The predicted molar refractivity (Wildman–Crippen MR) is 112 cm³/mol. The Morgan fingerprint density at radius 1 is 0.938 bits per heavy atom. The van der Waals surface area contributed by atoms with Gasteiger partial charge in [0.15, 0.2) is 0 Å². The van der Waals surface area contributed by atoms with Crippen molar-refractivity contribution in [3.05, 3.63) is 94.4 Å². The molecule has 0 atom stereocenters. The van der Waals surface area contributed by atoms with Crippen molar-refractivity contribution in [1.29, 1.82) is 0 Å². The largest absolute Gasteiger partial charge is 0.347 e. The van der Waals surface area contributed by atoms with Crippen LogP contribution < -0.4 is 10.2 Å². The maximum Gasteiger partial charge on any atom is 0.270 e. The van der Waals surface area contributed by atoms with Crippen LogP contribution in [0.2, 0.25) is 0 Å². The number of nitrogens with one attached hydrogen (secondary N) is 1. The fourth-order valence-electron chi connectivity index (χ4n) is 3.72. The van der Waals surface area contributed by atoms with Crippen LogP contribution in [-0.4, -0.2) is 16.8 Å². The van der Waals surface area contributed by atoms with Crippen LogP contribution in [0.15, 0.2) is 54.6 Å². The fourth-order valence-corrected chi connectivity index (χ4v) is 3.72. The Bertz CT molecular complexity index is 1190. The van der Waals surface area contributed by atoms with Crippen LogP contribution in [0.4, 0.5) is 19.0 Å². The molecule has 1 aliphatic rings. The second-order valence-corrected chi connectivity index (χ2v) is 8.17. The second kappa shape index (κ2) is 8.11. The van der Waals surface area contributed by atoms with Gasteiger partial charge < -0.3 is 5.32 Å². The standard InChI is InChI=1S/C24H20F3N3O2/c1-24(2)19-7-8-20(22(31)28-12-14-3-5-16(25)6-4-14)29-21(19)30(23(24)32)13-15-9-17(26)11-18(27)10-15/h3-11H,12-13H2,1-2H3,(H,28,31). The van der Waals surface area contributed by atoms with Gasteiger partial charge in [-0.2, -0.15) is 0 Å². The van der Waals surface area contributed by atoms with E-state index in [1.165, 1.54) is 23.1 Å². The smallest absolute Gasteiger partial charge is 0.270 e. The molecule has 1 N–H and O–H groups in total. The third-order valence-electron chi connectivity index (χ3n) is 5.45. The van der Waals surface area contributed by atoms with Gasteiger partial charge in [-0.3, -0.25) is 14.5 Å². The highest BCUT2D eigenvalue weighted by molar-refractivity contribution is 6.07. The maximum absolute atomic E-state index is 13.6. The lowest BCUT2D eigenvalue weighted by Crippen LogP contribution is -2.36. The number of amides is 2. The summed E-state index contributed by atoms with van der Waals surface area (Å²) in [6.45, 7) is 3.55. The van der Waals surface area contributed by atoms with Gasteiger partial charge in [0.25, 0.3) is 5.91 Å². The monoisotopic (exact) mass is 439 g/mol. The number of carbonyl (C=O) groups is 2. The molecular formula is C24H20F3N3O2. The number of aromatic nitrogens is 1. The van der Waals surface area contributed by atoms with Gasteiger partial charge in [-0.1, -0.05) is 18.2 Å². The lowest BCUT2D eigenvalue weighted by Gasteiger charge is -2.20. The van der Waals surface area contributed by atoms with E-state index in [2.05, 4.69) is 10.3 Å². The quantitative estimate of drug-likeness (QED) is 0.647. The Labute approximate surface area is 182 Å². The van der Waals surface area contributed by atoms with E-state index in [0.717, 1.165) is 18.2 Å². The van der Waals surface area contributed by atoms with Crippen molar-refractivity contribution in [3.8, 4) is 0 Å². The first-order chi connectivity index (χ1) is 15.1. The Balaban J connectivity index is 1.60. The van der Waals surface area contributed by atoms with Gasteiger partial charge in [0.05, 0.1) is 12.0 Å². The van der Waals surface area contributed by atoms with Crippen molar-refractivity contribution in [1.82, 2.24) is 10.3 Å². The summed E-state index contributed by atoms with van der Waals surface area (Å²) in [5, 5.41) is 2.71. The van der Waals surface area contributed by atoms with Crippen molar-refractivity contribution in [2.45, 2.75) is 32.4 Å². The van der Waals surface area contributed by atoms with Crippen molar-refractivity contribution in [2.75, 3.05) is 4.90 Å². The Morgan fingerprint density at radius 3 is 2.25 bits per heavy atom. The van der Waals surface area contributed by atoms with E-state index in [-0.39, 0.29) is 41.9 Å². The summed E-state index contributed by atoms with van der Waals surface area (Å²) in [6, 6.07) is 12.0. The molecule has 0 saturated heterocycles. The molecule has 4 rings (SSSR count). The zero-order valence-corrected chi connectivity index (χ0v) is 17.5. The van der Waals surface area contributed by atoms with Gasteiger partial charge in [-0.25, -0.2) is 18.2 Å². The third kappa shape index (κ3) is 4.08. The second-order valence-electron chi connectivity index (χ2n) is 8.17. The number of rotatable bonds is 5. The lowest BCUT2D eigenvalue weighted by molar-refractivity contribution is -0.122. The summed E-state index contributed by atoms with van der Waals surface area (Å²) < 4.78 is 40.3. The SMILES string of the molecule is CC1(C)C(=O)N(Cc2cc(F)cc(F)c2)c2nc(C(=O)NCc3ccc(F)cc3)ccc21. The van der Waals surface area contributed by atoms with Gasteiger partial charge in [-0.05, 0) is 55.3 Å². The summed E-state index contributed by atoms with van der Waals surface area (Å²) in [6.07, 6.45) is 0. The minimum Gasteiger partial charge on any atom is -0.347 e. The molecule has 0 spiro atoms. The number of carbonyl (C=O) groups excluding carboxylic acids is 2. The van der Waals surface area contributed by atoms with Gasteiger partial charge in [-0.15, -0.1) is 0 Å². The molecule has 2 amide bonds. The first kappa shape index (κ1) is 21.5. The van der Waals surface area contributed by atoms with E-state index in [4.69, 9.17) is 0 Å². The molecule has 0 bridgehead atoms. The first-order valence-corrected chi connectivity index (χ1v) is 9.96. The van der Waals surface area contributed by atoms with Crippen LogP contribution in [0, 0.1) is 17.5 Å². The average Bonchev–Trinajstić information content (AvgIpc) is 2.92. The van der Waals surface area contributed by atoms with Crippen molar-refractivity contribution >= 4 is 17.6 Å².